The van der Waals surface area contributed by atoms with Crippen LogP contribution in [0.1, 0.15) is 63.6 Å². The Morgan fingerprint density at radius 3 is 2.82 bits per heavy atom. The van der Waals surface area contributed by atoms with Gasteiger partial charge in [-0.15, -0.1) is 0 Å². The first-order chi connectivity index (χ1) is 13.6. The lowest BCUT2D eigenvalue weighted by Crippen LogP contribution is -2.48. The number of amides is 1. The Bertz CT molecular complexity index is 829. The second-order valence-electron chi connectivity index (χ2n) is 8.92. The molecule has 1 unspecified atom stereocenters. The van der Waals surface area contributed by atoms with Crippen LogP contribution in [0.5, 0.6) is 0 Å². The highest BCUT2D eigenvalue weighted by Gasteiger charge is 2.44. The molecule has 2 aliphatic rings. The minimum Gasteiger partial charge on any atom is -0.342 e. The molecule has 148 valence electrons. The largest absolute Gasteiger partial charge is 0.342 e. The van der Waals surface area contributed by atoms with Crippen LogP contribution < -0.4 is 0 Å². The van der Waals surface area contributed by atoms with Gasteiger partial charge in [0.1, 0.15) is 0 Å². The quantitative estimate of drug-likeness (QED) is 0.753. The van der Waals surface area contributed by atoms with E-state index >= 15 is 0 Å². The Balaban J connectivity index is 1.54. The monoisotopic (exact) mass is 377 g/mol. The predicted molar refractivity (Wildman–Crippen MR) is 112 cm³/mol. The van der Waals surface area contributed by atoms with Crippen molar-refractivity contribution in [2.75, 3.05) is 13.1 Å². The number of benzene rings is 1. The van der Waals surface area contributed by atoms with Crippen LogP contribution in [0.3, 0.4) is 0 Å². The van der Waals surface area contributed by atoms with Gasteiger partial charge in [0.15, 0.2) is 5.82 Å². The van der Waals surface area contributed by atoms with Crippen molar-refractivity contribution in [3.8, 4) is 11.4 Å². The molecular weight excluding hydrogens is 346 g/mol. The maximum atomic E-state index is 12.8. The minimum atomic E-state index is 0.0216. The van der Waals surface area contributed by atoms with E-state index in [0.717, 1.165) is 63.0 Å². The van der Waals surface area contributed by atoms with Gasteiger partial charge in [-0.2, -0.15) is 0 Å². The average Bonchev–Trinajstić information content (AvgIpc) is 3.05. The number of piperidine rings is 1. The van der Waals surface area contributed by atoms with Crippen LogP contribution in [0.2, 0.25) is 0 Å². The Labute approximate surface area is 168 Å². The molecule has 1 saturated heterocycles. The first kappa shape index (κ1) is 19.1. The van der Waals surface area contributed by atoms with Crippen molar-refractivity contribution in [2.24, 2.45) is 5.92 Å². The molecule has 1 aromatic carbocycles. The highest BCUT2D eigenvalue weighted by atomic mass is 16.2. The summed E-state index contributed by atoms with van der Waals surface area (Å²) in [6.07, 6.45) is 9.13. The van der Waals surface area contributed by atoms with Gasteiger partial charge in [-0.25, -0.2) is 9.97 Å². The fraction of sp³-hybridized carbons (Fsp3) is 0.542. The van der Waals surface area contributed by atoms with Crippen molar-refractivity contribution >= 4 is 5.91 Å². The van der Waals surface area contributed by atoms with E-state index in [4.69, 9.17) is 4.98 Å². The molecule has 1 amide bonds. The molecule has 0 saturated carbocycles. The van der Waals surface area contributed by atoms with E-state index in [9.17, 15) is 4.79 Å². The van der Waals surface area contributed by atoms with E-state index in [1.54, 1.807) is 0 Å². The summed E-state index contributed by atoms with van der Waals surface area (Å²) in [5.74, 6) is 1.79. The molecule has 0 bridgehead atoms. The molecule has 2 aromatic rings. The summed E-state index contributed by atoms with van der Waals surface area (Å²) in [4.78, 5) is 24.6. The normalized spacial score (nSPS) is 21.3. The number of aromatic nitrogens is 2. The van der Waals surface area contributed by atoms with Gasteiger partial charge in [0.05, 0.1) is 5.69 Å². The van der Waals surface area contributed by atoms with Crippen LogP contribution in [0.25, 0.3) is 11.4 Å². The molecule has 4 heteroatoms. The first-order valence-electron chi connectivity index (χ1n) is 10.8. The van der Waals surface area contributed by atoms with Crippen molar-refractivity contribution < 1.29 is 4.79 Å². The zero-order chi connectivity index (χ0) is 19.6. The molecule has 4 nitrogen and oxygen atoms in total. The maximum Gasteiger partial charge on any atom is 0.222 e. The third-order valence-electron chi connectivity index (χ3n) is 6.37. The van der Waals surface area contributed by atoms with E-state index in [1.807, 2.05) is 24.4 Å². The van der Waals surface area contributed by atoms with Crippen molar-refractivity contribution in [3.63, 3.8) is 0 Å². The van der Waals surface area contributed by atoms with Crippen molar-refractivity contribution in [1.29, 1.82) is 0 Å². The molecule has 1 aliphatic carbocycles. The number of carbonyl (C=O) groups excluding carboxylic acids is 1. The third-order valence-corrected chi connectivity index (χ3v) is 6.37. The van der Waals surface area contributed by atoms with Crippen LogP contribution in [0.4, 0.5) is 0 Å². The molecule has 1 fully saturated rings. The lowest BCUT2D eigenvalue weighted by Gasteiger charge is -2.40. The van der Waals surface area contributed by atoms with Crippen molar-refractivity contribution in [2.45, 2.75) is 64.2 Å². The first-order valence-corrected chi connectivity index (χ1v) is 10.8. The topological polar surface area (TPSA) is 46.1 Å². The molecule has 1 atom stereocenters. The van der Waals surface area contributed by atoms with Crippen LogP contribution in [0, 0.1) is 5.92 Å². The summed E-state index contributed by atoms with van der Waals surface area (Å²) >= 11 is 0. The molecule has 1 spiro atoms. The average molecular weight is 378 g/mol. The van der Waals surface area contributed by atoms with E-state index in [1.165, 1.54) is 11.3 Å². The van der Waals surface area contributed by atoms with Gasteiger partial charge in [0.2, 0.25) is 5.91 Å². The molecule has 1 aromatic heterocycles. The second kappa shape index (κ2) is 8.02. The Hall–Kier alpha value is -2.23. The number of fused-ring (bicyclic) bond motifs is 2. The molecule has 4 rings (SSSR count). The third kappa shape index (κ3) is 3.82. The lowest BCUT2D eigenvalue weighted by atomic mass is 9.77. The Morgan fingerprint density at radius 2 is 2.04 bits per heavy atom. The highest BCUT2D eigenvalue weighted by molar-refractivity contribution is 5.76. The summed E-state index contributed by atoms with van der Waals surface area (Å²) in [6.45, 7) is 6.17. The Kier molecular flexibility index (Phi) is 5.47. The number of carbonyl (C=O) groups is 1. The minimum absolute atomic E-state index is 0.0216. The number of aryl methyl sites for hydroxylation is 1. The van der Waals surface area contributed by atoms with Crippen LogP contribution in [-0.2, 0) is 16.6 Å². The highest BCUT2D eigenvalue weighted by Crippen LogP contribution is 2.44. The summed E-state index contributed by atoms with van der Waals surface area (Å²) in [5, 5.41) is 0. The summed E-state index contributed by atoms with van der Waals surface area (Å²) in [5.41, 5.74) is 3.55. The van der Waals surface area contributed by atoms with Crippen LogP contribution >= 0.6 is 0 Å². The second-order valence-corrected chi connectivity index (χ2v) is 8.92. The lowest BCUT2D eigenvalue weighted by molar-refractivity contribution is -0.133. The van der Waals surface area contributed by atoms with Gasteiger partial charge in [0.25, 0.3) is 0 Å². The number of hydrogen-bond donors (Lipinski definition) is 0. The maximum absolute atomic E-state index is 12.8. The van der Waals surface area contributed by atoms with E-state index < -0.39 is 0 Å². The predicted octanol–water partition coefficient (Wildman–Crippen LogP) is 4.78. The molecule has 2 heterocycles. The standard InChI is InChI=1S/C24H31N3O/c1-18(2)8-6-11-21(28)27-15-7-13-24(17-27)14-12-20-16-25-23(26-22(20)24)19-9-4-3-5-10-19/h3-5,9-10,16,18H,6-8,11-15,17H2,1-2H3. The zero-order valence-electron chi connectivity index (χ0n) is 17.2. The number of nitrogens with zero attached hydrogens (tertiary/aromatic N) is 3. The molecule has 28 heavy (non-hydrogen) atoms. The summed E-state index contributed by atoms with van der Waals surface area (Å²) < 4.78 is 0. The van der Waals surface area contributed by atoms with Gasteiger partial charge in [-0.05, 0) is 43.6 Å². The number of likely N-dealkylation sites (tertiary alicyclic amines) is 1. The van der Waals surface area contributed by atoms with Gasteiger partial charge in [0, 0.05) is 36.7 Å². The van der Waals surface area contributed by atoms with Gasteiger partial charge in [-0.1, -0.05) is 50.6 Å². The van der Waals surface area contributed by atoms with Crippen molar-refractivity contribution in [3.05, 3.63) is 47.8 Å². The number of rotatable bonds is 5. The zero-order valence-corrected chi connectivity index (χ0v) is 17.2. The van der Waals surface area contributed by atoms with Crippen LogP contribution in [-0.4, -0.2) is 33.9 Å². The summed E-state index contributed by atoms with van der Waals surface area (Å²) in [7, 11) is 0. The van der Waals surface area contributed by atoms with Crippen molar-refractivity contribution in [1.82, 2.24) is 14.9 Å². The summed E-state index contributed by atoms with van der Waals surface area (Å²) in [6, 6.07) is 10.2. The number of hydrogen-bond acceptors (Lipinski definition) is 3. The molecule has 0 radical (unpaired) electrons. The molecule has 1 aliphatic heterocycles. The molecule has 0 N–H and O–H groups in total. The molecular formula is C24H31N3O. The van der Waals surface area contributed by atoms with Crippen LogP contribution in [0.15, 0.2) is 36.5 Å². The Morgan fingerprint density at radius 1 is 1.21 bits per heavy atom. The van der Waals surface area contributed by atoms with E-state index in [-0.39, 0.29) is 5.41 Å². The van der Waals surface area contributed by atoms with Gasteiger partial charge < -0.3 is 4.90 Å². The van der Waals surface area contributed by atoms with E-state index in [2.05, 4.69) is 35.9 Å². The SMILES string of the molecule is CC(C)CCCC(=O)N1CCCC2(CCc3cnc(-c4ccccc4)nc32)C1. The fourth-order valence-electron chi connectivity index (χ4n) is 4.83. The fourth-order valence-corrected chi connectivity index (χ4v) is 4.83. The van der Waals surface area contributed by atoms with Gasteiger partial charge >= 0.3 is 0 Å². The van der Waals surface area contributed by atoms with E-state index in [0.29, 0.717) is 18.2 Å². The van der Waals surface area contributed by atoms with Gasteiger partial charge in [-0.3, -0.25) is 4.79 Å². The smallest absolute Gasteiger partial charge is 0.222 e.